The molecule has 1 unspecified atom stereocenters. The quantitative estimate of drug-likeness (QED) is 0.243. The summed E-state index contributed by atoms with van der Waals surface area (Å²) >= 11 is 0. The zero-order valence-electron chi connectivity index (χ0n) is 12.0. The fourth-order valence-corrected chi connectivity index (χ4v) is 2.06. The van der Waals surface area contributed by atoms with Crippen molar-refractivity contribution in [3.8, 4) is 0 Å². The molecule has 0 spiro atoms. The van der Waals surface area contributed by atoms with E-state index < -0.39 is 5.90 Å². The molecule has 0 saturated heterocycles. The largest absolute Gasteiger partial charge is 0.859 e. The predicted molar refractivity (Wildman–Crippen MR) is 79.1 cm³/mol. The summed E-state index contributed by atoms with van der Waals surface area (Å²) in [6.07, 6.45) is 16.7. The predicted octanol–water partition coefficient (Wildman–Crippen LogP) is -2.13. The summed E-state index contributed by atoms with van der Waals surface area (Å²) in [5, 5.41) is 19.7. The molecule has 1 atom stereocenters. The highest BCUT2D eigenvalue weighted by molar-refractivity contribution is 5.87. The van der Waals surface area contributed by atoms with E-state index in [4.69, 9.17) is 5.41 Å². The zero-order chi connectivity index (χ0) is 15.8. The van der Waals surface area contributed by atoms with E-state index >= 15 is 0 Å². The molecule has 0 radical (unpaired) electrons. The van der Waals surface area contributed by atoms with Crippen LogP contribution >= 0.6 is 0 Å². The Hall–Kier alpha value is -2.86. The minimum Gasteiger partial charge on any atom is -0.859 e. The second-order valence-electron chi connectivity index (χ2n) is 4.75. The summed E-state index contributed by atoms with van der Waals surface area (Å²) in [5.41, 5.74) is 1.27. The van der Waals surface area contributed by atoms with Gasteiger partial charge < -0.3 is 10.5 Å². The normalized spacial score (nSPS) is 18.9. The Bertz CT molecular complexity index is 657. The van der Waals surface area contributed by atoms with E-state index in [2.05, 4.69) is 0 Å². The third kappa shape index (κ3) is 4.32. The molecule has 3 N–H and O–H groups in total. The molecule has 0 saturated carbocycles. The molecule has 1 aliphatic rings. The molecular formula is C16H18N4O2+2. The van der Waals surface area contributed by atoms with Gasteiger partial charge in [0.15, 0.2) is 18.9 Å². The number of pyridine rings is 1. The van der Waals surface area contributed by atoms with E-state index in [1.807, 2.05) is 46.3 Å². The first-order chi connectivity index (χ1) is 10.7. The summed E-state index contributed by atoms with van der Waals surface area (Å²) in [6.45, 7) is 1.41. The molecule has 1 aromatic heterocycles. The van der Waals surface area contributed by atoms with Crippen molar-refractivity contribution in [2.45, 2.75) is 6.54 Å². The lowest BCUT2D eigenvalue weighted by Gasteiger charge is -2.12. The molecule has 112 valence electrons. The van der Waals surface area contributed by atoms with E-state index in [9.17, 15) is 10.0 Å². The number of rotatable bonds is 6. The van der Waals surface area contributed by atoms with Gasteiger partial charge in [0.25, 0.3) is 6.20 Å². The van der Waals surface area contributed by atoms with Gasteiger partial charge in [-0.15, -0.1) is 0 Å². The number of nitrogens with one attached hydrogen (secondary N) is 3. The van der Waals surface area contributed by atoms with Gasteiger partial charge in [-0.05, 0) is 29.7 Å². The molecule has 6 nitrogen and oxygen atoms in total. The number of hydrogen-bond donors (Lipinski definition) is 3. The third-order valence-corrected chi connectivity index (χ3v) is 3.24. The Morgan fingerprint density at radius 1 is 1.32 bits per heavy atom. The van der Waals surface area contributed by atoms with Crippen molar-refractivity contribution in [3.63, 3.8) is 0 Å². The van der Waals surface area contributed by atoms with Crippen LogP contribution in [0.1, 0.15) is 5.56 Å². The van der Waals surface area contributed by atoms with Crippen molar-refractivity contribution < 1.29 is 19.8 Å². The van der Waals surface area contributed by atoms with E-state index in [0.29, 0.717) is 12.1 Å². The molecule has 0 aliphatic carbocycles. The van der Waals surface area contributed by atoms with E-state index in [0.717, 1.165) is 17.1 Å². The summed E-state index contributed by atoms with van der Waals surface area (Å²) in [6, 6.07) is 3.26. The van der Waals surface area contributed by atoms with Gasteiger partial charge in [0.1, 0.15) is 6.54 Å². The first kappa shape index (κ1) is 15.5. The standard InChI is InChI=1S/C16H16N4O2/c17-16(21)14-6-11-19(12-7-14)8-3-4-10-20-9-2-1-5-15(20)13-18-22/h1-7,9,11-13H,8,10H2,(H-,17,21)/p+2/b4-3+,15-13?. The Morgan fingerprint density at radius 2 is 2.09 bits per heavy atom. The van der Waals surface area contributed by atoms with E-state index in [1.54, 1.807) is 24.5 Å². The lowest BCUT2D eigenvalue weighted by Crippen LogP contribution is -3.06. The maximum absolute atomic E-state index is 10.9. The van der Waals surface area contributed by atoms with Crippen molar-refractivity contribution in [1.82, 2.24) is 0 Å². The number of hydrogen-bond acceptors (Lipinski definition) is 3. The Morgan fingerprint density at radius 3 is 2.77 bits per heavy atom. The molecule has 2 rings (SSSR count). The summed E-state index contributed by atoms with van der Waals surface area (Å²) in [4.78, 5) is 11.5. The maximum atomic E-state index is 10.9. The number of aromatic nitrogens is 1. The van der Waals surface area contributed by atoms with Crippen LogP contribution in [0.4, 0.5) is 0 Å². The Balaban J connectivity index is 1.89. The van der Waals surface area contributed by atoms with Crippen molar-refractivity contribution in [2.75, 3.05) is 6.54 Å². The molecule has 6 heteroatoms. The highest BCUT2D eigenvalue weighted by Crippen LogP contribution is 1.92. The maximum Gasteiger partial charge on any atom is 0.278 e. The van der Waals surface area contributed by atoms with Crippen LogP contribution in [0.2, 0.25) is 0 Å². The van der Waals surface area contributed by atoms with Crippen LogP contribution < -0.4 is 19.8 Å². The summed E-state index contributed by atoms with van der Waals surface area (Å²) in [5.74, 6) is -0.678. The Labute approximate surface area is 128 Å². The van der Waals surface area contributed by atoms with Crippen LogP contribution in [0.15, 0.2) is 73.0 Å². The van der Waals surface area contributed by atoms with Gasteiger partial charge in [0.2, 0.25) is 5.70 Å². The Kier molecular flexibility index (Phi) is 5.50. The van der Waals surface area contributed by atoms with Crippen molar-refractivity contribution >= 4 is 5.90 Å². The second-order valence-corrected chi connectivity index (χ2v) is 4.75. The minimum absolute atomic E-state index is 0.384. The van der Waals surface area contributed by atoms with E-state index in [-0.39, 0.29) is 0 Å². The fraction of sp³-hybridized carbons (Fsp3) is 0.125. The molecule has 0 fully saturated rings. The molecule has 0 amide bonds. The van der Waals surface area contributed by atoms with Crippen LogP contribution in [-0.2, 0) is 6.54 Å². The highest BCUT2D eigenvalue weighted by atomic mass is 16.3. The van der Waals surface area contributed by atoms with Gasteiger partial charge in [-0.1, -0.05) is 6.08 Å². The lowest BCUT2D eigenvalue weighted by atomic mass is 10.2. The average molecular weight is 298 g/mol. The van der Waals surface area contributed by atoms with Crippen molar-refractivity contribution in [2.24, 2.45) is 0 Å². The van der Waals surface area contributed by atoms with Crippen LogP contribution in [0, 0.1) is 10.3 Å². The summed E-state index contributed by atoms with van der Waals surface area (Å²) in [7, 11) is 0. The van der Waals surface area contributed by atoms with Crippen LogP contribution in [0.3, 0.4) is 0 Å². The number of allylic oxidation sites excluding steroid dienone is 4. The number of quaternary nitrogens is 1. The van der Waals surface area contributed by atoms with Crippen molar-refractivity contribution in [1.29, 1.82) is 5.41 Å². The van der Waals surface area contributed by atoms with E-state index in [1.165, 1.54) is 6.20 Å². The molecular weight excluding hydrogens is 280 g/mol. The zero-order valence-corrected chi connectivity index (χ0v) is 12.0. The second kappa shape index (κ2) is 7.80. The first-order valence-corrected chi connectivity index (χ1v) is 6.89. The topological polar surface area (TPSA) is 86.3 Å². The molecule has 2 heterocycles. The molecule has 0 bridgehead atoms. The fourth-order valence-electron chi connectivity index (χ4n) is 2.06. The van der Waals surface area contributed by atoms with Crippen LogP contribution in [-0.4, -0.2) is 12.4 Å². The van der Waals surface area contributed by atoms with Gasteiger partial charge in [-0.3, -0.25) is 4.90 Å². The summed E-state index contributed by atoms with van der Waals surface area (Å²) < 4.78 is 1.92. The average Bonchev–Trinajstić information content (AvgIpc) is 2.53. The molecule has 0 aromatic carbocycles. The van der Waals surface area contributed by atoms with Gasteiger partial charge >= 0.3 is 0 Å². The van der Waals surface area contributed by atoms with Crippen LogP contribution in [0.25, 0.3) is 0 Å². The van der Waals surface area contributed by atoms with Gasteiger partial charge in [0.05, 0.1) is 6.20 Å². The molecule has 1 aliphatic heterocycles. The molecule has 22 heavy (non-hydrogen) atoms. The number of nitrogens with zero attached hydrogens (tertiary/aromatic N) is 1. The van der Waals surface area contributed by atoms with Crippen LogP contribution in [0.5, 0.6) is 0 Å². The smallest absolute Gasteiger partial charge is 0.278 e. The molecule has 1 aromatic rings. The van der Waals surface area contributed by atoms with Gasteiger partial charge in [-0.25, -0.2) is 4.57 Å². The monoisotopic (exact) mass is 298 g/mol. The highest BCUT2D eigenvalue weighted by Gasteiger charge is 2.13. The third-order valence-electron chi connectivity index (χ3n) is 3.24. The lowest BCUT2D eigenvalue weighted by molar-refractivity contribution is -0.798. The van der Waals surface area contributed by atoms with Gasteiger partial charge in [0, 0.05) is 28.3 Å². The van der Waals surface area contributed by atoms with Gasteiger partial charge in [-0.2, -0.15) is 0 Å². The minimum atomic E-state index is -0.678. The first-order valence-electron chi connectivity index (χ1n) is 6.89. The SMILES string of the molecule is N=C([O-])c1cc[n+](C/C=C/C[NH+]2C=CC=CC2=C[NH+]=O)cc1. The van der Waals surface area contributed by atoms with Crippen molar-refractivity contribution in [3.05, 3.63) is 83.5 Å². The number of nitroso groups, excluding NO2 is 1.